The van der Waals surface area contributed by atoms with Crippen LogP contribution in [0.25, 0.3) is 43.1 Å². The first-order chi connectivity index (χ1) is 16.9. The van der Waals surface area contributed by atoms with E-state index < -0.39 is 23.9 Å². The Morgan fingerprint density at radius 1 is 0.444 bits per heavy atom. The monoisotopic (exact) mass is 484 g/mol. The molecule has 5 aromatic carbocycles. The number of rotatable bonds is 4. The van der Waals surface area contributed by atoms with Crippen molar-refractivity contribution in [3.8, 4) is 0 Å². The van der Waals surface area contributed by atoms with Gasteiger partial charge in [0.25, 0.3) is 0 Å². The van der Waals surface area contributed by atoms with Gasteiger partial charge in [-0.3, -0.25) is 0 Å². The standard InChI is InChI=1S/C28H20O8/c1-9-11(3)19(27(33)34)24-20(28(35)36)12(4)10(2)18-14-6-8-16(26(31)32)22-15(25(29)30)7-5-13(21(14)22)17(9)23(18)24/h5-8H,1-4H3,(H,29,30)(H,31,32)(H,33,34)(H,35,36). The number of fused-ring (bicyclic) bond motifs is 2. The minimum atomic E-state index is -1.28. The van der Waals surface area contributed by atoms with Crippen molar-refractivity contribution < 1.29 is 39.6 Å². The van der Waals surface area contributed by atoms with E-state index >= 15 is 0 Å². The number of aryl methyl sites for hydroxylation is 2. The van der Waals surface area contributed by atoms with E-state index in [1.165, 1.54) is 12.1 Å². The summed E-state index contributed by atoms with van der Waals surface area (Å²) in [6.45, 7) is 6.69. The number of aromatic carboxylic acids is 4. The van der Waals surface area contributed by atoms with E-state index in [4.69, 9.17) is 0 Å². The van der Waals surface area contributed by atoms with Crippen LogP contribution in [-0.2, 0) is 0 Å². The number of carboxylic acids is 4. The second-order valence-electron chi connectivity index (χ2n) is 9.04. The van der Waals surface area contributed by atoms with E-state index in [1.54, 1.807) is 39.8 Å². The topological polar surface area (TPSA) is 149 Å². The van der Waals surface area contributed by atoms with Crippen LogP contribution in [0.3, 0.4) is 0 Å². The van der Waals surface area contributed by atoms with Gasteiger partial charge in [-0.25, -0.2) is 19.2 Å². The van der Waals surface area contributed by atoms with Crippen LogP contribution in [-0.4, -0.2) is 44.3 Å². The smallest absolute Gasteiger partial charge is 0.336 e. The highest BCUT2D eigenvalue weighted by Gasteiger charge is 2.30. The molecule has 0 amide bonds. The third kappa shape index (κ3) is 2.69. The second-order valence-corrected chi connectivity index (χ2v) is 9.04. The minimum absolute atomic E-state index is 0.0718. The lowest BCUT2D eigenvalue weighted by molar-refractivity contribution is 0.0680. The van der Waals surface area contributed by atoms with Crippen molar-refractivity contribution in [1.82, 2.24) is 0 Å². The molecule has 0 aliphatic carbocycles. The summed E-state index contributed by atoms with van der Waals surface area (Å²) in [6.07, 6.45) is 0. The lowest BCUT2D eigenvalue weighted by Crippen LogP contribution is -2.12. The summed E-state index contributed by atoms with van der Waals surface area (Å²) in [7, 11) is 0. The first-order valence-corrected chi connectivity index (χ1v) is 11.0. The highest BCUT2D eigenvalue weighted by molar-refractivity contribution is 6.39. The molecule has 0 heterocycles. The maximum Gasteiger partial charge on any atom is 0.336 e. The van der Waals surface area contributed by atoms with Crippen LogP contribution in [0.5, 0.6) is 0 Å². The highest BCUT2D eigenvalue weighted by atomic mass is 16.4. The van der Waals surface area contributed by atoms with Gasteiger partial charge in [0.1, 0.15) is 0 Å². The molecule has 0 aromatic heterocycles. The molecule has 8 heteroatoms. The number of benzene rings is 5. The Morgan fingerprint density at radius 3 is 1.17 bits per heavy atom. The summed E-state index contributed by atoms with van der Waals surface area (Å²) in [4.78, 5) is 49.1. The average Bonchev–Trinajstić information content (AvgIpc) is 2.80. The van der Waals surface area contributed by atoms with Crippen LogP contribution in [0.4, 0.5) is 0 Å². The number of carboxylic acid groups (broad SMARTS) is 4. The first-order valence-electron chi connectivity index (χ1n) is 11.0. The van der Waals surface area contributed by atoms with Gasteiger partial charge in [0.15, 0.2) is 0 Å². The fourth-order valence-electron chi connectivity index (χ4n) is 5.73. The molecule has 0 spiro atoms. The van der Waals surface area contributed by atoms with E-state index in [9.17, 15) is 39.6 Å². The molecule has 0 unspecified atom stereocenters. The molecular formula is C28H20O8. The molecular weight excluding hydrogens is 464 g/mol. The maximum atomic E-state index is 12.4. The van der Waals surface area contributed by atoms with Crippen molar-refractivity contribution in [2.45, 2.75) is 27.7 Å². The predicted molar refractivity (Wildman–Crippen MR) is 134 cm³/mol. The summed E-state index contributed by atoms with van der Waals surface area (Å²) in [5.41, 5.74) is 1.42. The van der Waals surface area contributed by atoms with Crippen LogP contribution < -0.4 is 0 Å². The SMILES string of the molecule is Cc1c(C(=O)O)c2c(C(=O)O)c(C)c(C)c3c4ccc(C(=O)O)c5c(C(=O)O)ccc(c(c1C)c23)c54. The molecule has 36 heavy (non-hydrogen) atoms. The molecule has 0 radical (unpaired) electrons. The van der Waals surface area contributed by atoms with E-state index in [0.717, 1.165) is 0 Å². The largest absolute Gasteiger partial charge is 0.478 e. The Balaban J connectivity index is 2.32. The van der Waals surface area contributed by atoms with Crippen molar-refractivity contribution >= 4 is 67.0 Å². The van der Waals surface area contributed by atoms with Crippen LogP contribution in [0.15, 0.2) is 24.3 Å². The van der Waals surface area contributed by atoms with Gasteiger partial charge in [-0.2, -0.15) is 0 Å². The zero-order valence-corrected chi connectivity index (χ0v) is 19.7. The summed E-state index contributed by atoms with van der Waals surface area (Å²) in [5, 5.41) is 43.3. The molecule has 180 valence electrons. The fraction of sp³-hybridized carbons (Fsp3) is 0.143. The zero-order valence-electron chi connectivity index (χ0n) is 19.7. The minimum Gasteiger partial charge on any atom is -0.478 e. The van der Waals surface area contributed by atoms with Crippen molar-refractivity contribution in [3.63, 3.8) is 0 Å². The maximum absolute atomic E-state index is 12.4. The highest BCUT2D eigenvalue weighted by Crippen LogP contribution is 2.48. The van der Waals surface area contributed by atoms with Crippen molar-refractivity contribution in [2.24, 2.45) is 0 Å². The third-order valence-corrected chi connectivity index (χ3v) is 7.46. The third-order valence-electron chi connectivity index (χ3n) is 7.46. The predicted octanol–water partition coefficient (Wildman–Crippen LogP) is 5.76. The van der Waals surface area contributed by atoms with E-state index in [-0.39, 0.29) is 33.0 Å². The molecule has 0 aliphatic heterocycles. The fourth-order valence-corrected chi connectivity index (χ4v) is 5.73. The van der Waals surface area contributed by atoms with Crippen LogP contribution in [0.2, 0.25) is 0 Å². The summed E-state index contributed by atoms with van der Waals surface area (Å²) in [5.74, 6) is -5.06. The van der Waals surface area contributed by atoms with Gasteiger partial charge in [0, 0.05) is 10.8 Å². The molecule has 0 atom stereocenters. The molecule has 0 aliphatic rings. The summed E-state index contributed by atoms with van der Waals surface area (Å²) >= 11 is 0. The van der Waals surface area contributed by atoms with Crippen LogP contribution in [0, 0.1) is 27.7 Å². The zero-order chi connectivity index (χ0) is 26.4. The second kappa shape index (κ2) is 7.39. The van der Waals surface area contributed by atoms with Gasteiger partial charge < -0.3 is 20.4 Å². The molecule has 5 rings (SSSR count). The summed E-state index contributed by atoms with van der Waals surface area (Å²) in [6, 6.07) is 5.85. The summed E-state index contributed by atoms with van der Waals surface area (Å²) < 4.78 is 0. The molecule has 0 saturated carbocycles. The molecule has 5 aromatic rings. The van der Waals surface area contributed by atoms with Gasteiger partial charge in [0.05, 0.1) is 22.3 Å². The normalized spacial score (nSPS) is 11.7. The molecule has 8 nitrogen and oxygen atoms in total. The van der Waals surface area contributed by atoms with Crippen LogP contribution in [0.1, 0.15) is 63.7 Å². The quantitative estimate of drug-likeness (QED) is 0.186. The Hall–Kier alpha value is -4.72. The Bertz CT molecular complexity index is 1750. The van der Waals surface area contributed by atoms with Crippen molar-refractivity contribution in [1.29, 1.82) is 0 Å². The number of hydrogen-bond donors (Lipinski definition) is 4. The number of carbonyl (C=O) groups is 4. The van der Waals surface area contributed by atoms with E-state index in [0.29, 0.717) is 54.6 Å². The van der Waals surface area contributed by atoms with Gasteiger partial charge in [0.2, 0.25) is 0 Å². The Morgan fingerprint density at radius 2 is 0.833 bits per heavy atom. The lowest BCUT2D eigenvalue weighted by atomic mass is 9.78. The van der Waals surface area contributed by atoms with Gasteiger partial charge in [-0.15, -0.1) is 0 Å². The van der Waals surface area contributed by atoms with E-state index in [1.807, 2.05) is 0 Å². The van der Waals surface area contributed by atoms with E-state index in [2.05, 4.69) is 0 Å². The first kappa shape index (κ1) is 23.0. The Kier molecular flexibility index (Phi) is 4.73. The Labute approximate surface area is 203 Å². The van der Waals surface area contributed by atoms with Gasteiger partial charge in [-0.05, 0) is 94.4 Å². The van der Waals surface area contributed by atoms with Gasteiger partial charge in [-0.1, -0.05) is 12.1 Å². The molecule has 4 N–H and O–H groups in total. The molecule has 0 saturated heterocycles. The van der Waals surface area contributed by atoms with Gasteiger partial charge >= 0.3 is 23.9 Å². The average molecular weight is 484 g/mol. The molecule has 0 fully saturated rings. The van der Waals surface area contributed by atoms with Crippen molar-refractivity contribution in [2.75, 3.05) is 0 Å². The van der Waals surface area contributed by atoms with Crippen LogP contribution >= 0.6 is 0 Å². The van der Waals surface area contributed by atoms with Crippen molar-refractivity contribution in [3.05, 3.63) is 68.8 Å². The lowest BCUT2D eigenvalue weighted by Gasteiger charge is -2.24. The molecule has 0 bridgehead atoms. The number of hydrogen-bond acceptors (Lipinski definition) is 4.